The van der Waals surface area contributed by atoms with Gasteiger partial charge in [0, 0.05) is 32.2 Å². The zero-order chi connectivity index (χ0) is 22.9. The van der Waals surface area contributed by atoms with E-state index in [2.05, 4.69) is 20.2 Å². The number of nitrogens with zero attached hydrogens (tertiary/aromatic N) is 5. The van der Waals surface area contributed by atoms with E-state index in [0.717, 1.165) is 19.5 Å². The third-order valence-electron chi connectivity index (χ3n) is 6.74. The zero-order valence-electron chi connectivity index (χ0n) is 18.7. The normalized spacial score (nSPS) is 28.2. The summed E-state index contributed by atoms with van der Waals surface area (Å²) in [5.74, 6) is 0.963. The molecule has 2 N–H and O–H groups in total. The van der Waals surface area contributed by atoms with E-state index in [1.165, 1.54) is 6.20 Å². The lowest BCUT2D eigenvalue weighted by molar-refractivity contribution is -0.0271. The first-order valence-electron chi connectivity index (χ1n) is 11.3. The molecule has 0 radical (unpaired) electrons. The number of hydrogen-bond donors (Lipinski definition) is 2. The maximum Gasteiger partial charge on any atom is 0.236 e. The second-order valence-corrected chi connectivity index (χ2v) is 11.6. The van der Waals surface area contributed by atoms with Crippen LogP contribution < -0.4 is 10.1 Å². The minimum absolute atomic E-state index is 0.0339. The van der Waals surface area contributed by atoms with E-state index >= 15 is 0 Å². The Morgan fingerprint density at radius 2 is 2.06 bits per heavy atom. The highest BCUT2D eigenvalue weighted by Gasteiger charge is 2.39. The number of piperidine rings is 1. The molecule has 4 rings (SSSR count). The van der Waals surface area contributed by atoms with Gasteiger partial charge in [0.2, 0.25) is 21.9 Å². The molecule has 176 valence electrons. The summed E-state index contributed by atoms with van der Waals surface area (Å²) in [6.45, 7) is 4.35. The van der Waals surface area contributed by atoms with Crippen molar-refractivity contribution in [2.75, 3.05) is 44.3 Å². The molecule has 1 saturated carbocycles. The van der Waals surface area contributed by atoms with Gasteiger partial charge in [0.05, 0.1) is 17.6 Å². The van der Waals surface area contributed by atoms with Gasteiger partial charge >= 0.3 is 0 Å². The monoisotopic (exact) mass is 464 g/mol. The average molecular weight is 465 g/mol. The van der Waals surface area contributed by atoms with Gasteiger partial charge in [-0.2, -0.15) is 10.2 Å². The number of aromatic nitrogens is 2. The number of likely N-dealkylation sites (tertiary alicyclic amines) is 1. The molecule has 2 saturated heterocycles. The van der Waals surface area contributed by atoms with Gasteiger partial charge in [-0.3, -0.25) is 0 Å². The molecule has 32 heavy (non-hydrogen) atoms. The van der Waals surface area contributed by atoms with E-state index in [9.17, 15) is 18.8 Å². The number of nitrogens with one attached hydrogen (secondary N) is 1. The van der Waals surface area contributed by atoms with Crippen molar-refractivity contribution >= 4 is 16.0 Å². The van der Waals surface area contributed by atoms with Crippen molar-refractivity contribution in [3.63, 3.8) is 0 Å². The standard InChI is InChI=1S/C21H32N6O4S/c1-21(28)7-3-4-18(21)31-19-16(10-22)11-23-20(25-19)24-17-5-8-27(9-6-17)32(29,30)14-15-12-26(2)13-15/h11,15,17-18,28H,3-9,12-14H2,1-2H3,(H,23,24,25)/t18-,21+/m1/s1. The minimum atomic E-state index is -3.24. The van der Waals surface area contributed by atoms with Crippen LogP contribution in [0.15, 0.2) is 6.20 Å². The van der Waals surface area contributed by atoms with Crippen molar-refractivity contribution in [1.29, 1.82) is 5.26 Å². The highest BCUT2D eigenvalue weighted by atomic mass is 32.2. The number of aliphatic hydroxyl groups is 1. The predicted molar refractivity (Wildman–Crippen MR) is 119 cm³/mol. The fourth-order valence-corrected chi connectivity index (χ4v) is 6.62. The van der Waals surface area contributed by atoms with Crippen molar-refractivity contribution in [3.8, 4) is 11.9 Å². The third-order valence-corrected chi connectivity index (χ3v) is 8.78. The second-order valence-electron chi connectivity index (χ2n) is 9.56. The number of sulfonamides is 1. The lowest BCUT2D eigenvalue weighted by atomic mass is 10.0. The quantitative estimate of drug-likeness (QED) is 0.601. The average Bonchev–Trinajstić information content (AvgIpc) is 3.05. The van der Waals surface area contributed by atoms with Gasteiger partial charge in [-0.1, -0.05) is 0 Å². The van der Waals surface area contributed by atoms with Gasteiger partial charge in [0.1, 0.15) is 17.7 Å². The largest absolute Gasteiger partial charge is 0.470 e. The van der Waals surface area contributed by atoms with E-state index in [1.807, 2.05) is 13.1 Å². The van der Waals surface area contributed by atoms with Crippen LogP contribution in [-0.2, 0) is 10.0 Å². The topological polar surface area (TPSA) is 132 Å². The van der Waals surface area contributed by atoms with E-state index in [1.54, 1.807) is 11.2 Å². The van der Waals surface area contributed by atoms with Gasteiger partial charge in [-0.05, 0) is 52.0 Å². The molecule has 0 bridgehead atoms. The molecular weight excluding hydrogens is 432 g/mol. The predicted octanol–water partition coefficient (Wildman–Crippen LogP) is 0.798. The summed E-state index contributed by atoms with van der Waals surface area (Å²) in [4.78, 5) is 10.7. The summed E-state index contributed by atoms with van der Waals surface area (Å²) >= 11 is 0. The number of anilines is 1. The van der Waals surface area contributed by atoms with Gasteiger partial charge in [0.15, 0.2) is 0 Å². The molecule has 11 heteroatoms. The smallest absolute Gasteiger partial charge is 0.236 e. The summed E-state index contributed by atoms with van der Waals surface area (Å²) in [6.07, 6.45) is 4.52. The number of rotatable bonds is 7. The van der Waals surface area contributed by atoms with Crippen LogP contribution in [0.5, 0.6) is 5.88 Å². The van der Waals surface area contributed by atoms with E-state index in [4.69, 9.17) is 4.74 Å². The highest BCUT2D eigenvalue weighted by Crippen LogP contribution is 2.33. The SMILES string of the molecule is CN1CC(CS(=O)(=O)N2CCC(Nc3ncc(C#N)c(O[C@@H]4CCC[C@]4(C)O)n3)CC2)C1. The number of ether oxygens (including phenoxy) is 1. The third kappa shape index (κ3) is 5.14. The molecule has 2 aliphatic heterocycles. The van der Waals surface area contributed by atoms with Crippen LogP contribution >= 0.6 is 0 Å². The minimum Gasteiger partial charge on any atom is -0.470 e. The maximum absolute atomic E-state index is 12.7. The Labute approximate surface area is 189 Å². The molecule has 3 fully saturated rings. The van der Waals surface area contributed by atoms with E-state index < -0.39 is 21.7 Å². The Balaban J connectivity index is 1.34. The lowest BCUT2D eigenvalue weighted by Crippen LogP contribution is -2.50. The van der Waals surface area contributed by atoms with Crippen molar-refractivity contribution in [1.82, 2.24) is 19.2 Å². The molecule has 3 aliphatic rings. The van der Waals surface area contributed by atoms with Gasteiger partial charge < -0.3 is 20.1 Å². The highest BCUT2D eigenvalue weighted by molar-refractivity contribution is 7.89. The Morgan fingerprint density at radius 3 is 2.66 bits per heavy atom. The summed E-state index contributed by atoms with van der Waals surface area (Å²) in [7, 11) is -1.24. The Bertz CT molecular complexity index is 965. The Hall–Kier alpha value is -2.00. The van der Waals surface area contributed by atoms with Crippen LogP contribution in [0.3, 0.4) is 0 Å². The number of hydrogen-bond acceptors (Lipinski definition) is 9. The molecule has 1 aromatic heterocycles. The van der Waals surface area contributed by atoms with E-state index in [0.29, 0.717) is 44.7 Å². The Morgan fingerprint density at radius 1 is 1.34 bits per heavy atom. The van der Waals surface area contributed by atoms with Crippen LogP contribution in [-0.4, -0.2) is 89.4 Å². The Kier molecular flexibility index (Phi) is 6.58. The van der Waals surface area contributed by atoms with Crippen molar-refractivity contribution < 1.29 is 18.3 Å². The number of nitriles is 1. The van der Waals surface area contributed by atoms with Crippen molar-refractivity contribution in [2.45, 2.75) is 56.8 Å². The fraction of sp³-hybridized carbons (Fsp3) is 0.762. The summed E-state index contributed by atoms with van der Waals surface area (Å²) in [5, 5.41) is 23.1. The molecule has 1 aliphatic carbocycles. The van der Waals surface area contributed by atoms with Crippen LogP contribution in [0.25, 0.3) is 0 Å². The summed E-state index contributed by atoms with van der Waals surface area (Å²) in [5.41, 5.74) is -0.723. The molecular formula is C21H32N6O4S. The first-order valence-corrected chi connectivity index (χ1v) is 12.9. The fourth-order valence-electron chi connectivity index (χ4n) is 4.84. The summed E-state index contributed by atoms with van der Waals surface area (Å²) in [6, 6.07) is 2.08. The molecule has 0 unspecified atom stereocenters. The van der Waals surface area contributed by atoms with Crippen LogP contribution in [0.4, 0.5) is 5.95 Å². The first kappa shape index (κ1) is 23.2. The van der Waals surface area contributed by atoms with Crippen LogP contribution in [0.2, 0.25) is 0 Å². The van der Waals surface area contributed by atoms with Crippen LogP contribution in [0.1, 0.15) is 44.6 Å². The second kappa shape index (κ2) is 9.09. The molecule has 1 aromatic rings. The summed E-state index contributed by atoms with van der Waals surface area (Å²) < 4.78 is 32.9. The molecule has 0 spiro atoms. The first-order chi connectivity index (χ1) is 15.2. The van der Waals surface area contributed by atoms with Crippen molar-refractivity contribution in [3.05, 3.63) is 11.8 Å². The van der Waals surface area contributed by atoms with Gasteiger partial charge in [-0.25, -0.2) is 17.7 Å². The van der Waals surface area contributed by atoms with Gasteiger partial charge in [-0.15, -0.1) is 0 Å². The molecule has 0 aromatic carbocycles. The van der Waals surface area contributed by atoms with Gasteiger partial charge in [0.25, 0.3) is 0 Å². The zero-order valence-corrected chi connectivity index (χ0v) is 19.5. The van der Waals surface area contributed by atoms with Crippen LogP contribution in [0, 0.1) is 17.2 Å². The molecule has 0 amide bonds. The molecule has 10 nitrogen and oxygen atoms in total. The molecule has 3 heterocycles. The van der Waals surface area contributed by atoms with E-state index in [-0.39, 0.29) is 29.2 Å². The lowest BCUT2D eigenvalue weighted by Gasteiger charge is -2.38. The molecule has 2 atom stereocenters. The maximum atomic E-state index is 12.7. The van der Waals surface area contributed by atoms with Crippen molar-refractivity contribution in [2.24, 2.45) is 5.92 Å².